The second kappa shape index (κ2) is 9.79. The molecule has 160 valence electrons. The zero-order valence-corrected chi connectivity index (χ0v) is 18.2. The number of aryl methyl sites for hydroxylation is 1. The van der Waals surface area contributed by atoms with Crippen LogP contribution in [-0.4, -0.2) is 35.8 Å². The van der Waals surface area contributed by atoms with E-state index in [-0.39, 0.29) is 12.5 Å². The minimum Gasteiger partial charge on any atom is -0.482 e. The van der Waals surface area contributed by atoms with Crippen LogP contribution in [0.25, 0.3) is 11.3 Å². The molecule has 7 heteroatoms. The quantitative estimate of drug-likeness (QED) is 0.581. The third kappa shape index (κ3) is 5.52. The number of piperidine rings is 1. The molecule has 3 aromatic rings. The standard InChI is InChI=1S/C24H25ClN4O2/c1-17-8-9-20(25)22(14-17)31-16-24(30)26-19-7-5-6-18(15-19)21-10-11-23(28-27-21)29-12-3-2-4-13-29/h5-11,14-15H,2-4,12-13,16H2,1H3,(H,26,30). The fraction of sp³-hybridized carbons (Fsp3) is 0.292. The molecule has 2 heterocycles. The van der Waals surface area contributed by atoms with Gasteiger partial charge in [0.2, 0.25) is 0 Å². The van der Waals surface area contributed by atoms with Crippen molar-refractivity contribution >= 4 is 29.0 Å². The molecule has 0 saturated carbocycles. The van der Waals surface area contributed by atoms with Crippen LogP contribution in [0, 0.1) is 6.92 Å². The average Bonchev–Trinajstić information content (AvgIpc) is 2.80. The summed E-state index contributed by atoms with van der Waals surface area (Å²) >= 11 is 6.12. The van der Waals surface area contributed by atoms with Crippen molar-refractivity contribution in [1.82, 2.24) is 10.2 Å². The molecular formula is C24H25ClN4O2. The zero-order chi connectivity index (χ0) is 21.6. The highest BCUT2D eigenvalue weighted by atomic mass is 35.5. The van der Waals surface area contributed by atoms with Crippen LogP contribution >= 0.6 is 11.6 Å². The molecule has 2 aromatic carbocycles. The minimum atomic E-state index is -0.263. The van der Waals surface area contributed by atoms with Crippen molar-refractivity contribution in [3.63, 3.8) is 0 Å². The van der Waals surface area contributed by atoms with Crippen molar-refractivity contribution in [2.45, 2.75) is 26.2 Å². The summed E-state index contributed by atoms with van der Waals surface area (Å²) in [5, 5.41) is 12.1. The Balaban J connectivity index is 1.38. The summed E-state index contributed by atoms with van der Waals surface area (Å²) < 4.78 is 5.57. The number of hydrogen-bond acceptors (Lipinski definition) is 5. The molecule has 0 radical (unpaired) electrons. The van der Waals surface area contributed by atoms with Crippen LogP contribution < -0.4 is 15.0 Å². The molecule has 31 heavy (non-hydrogen) atoms. The minimum absolute atomic E-state index is 0.127. The van der Waals surface area contributed by atoms with Gasteiger partial charge in [-0.3, -0.25) is 4.79 Å². The van der Waals surface area contributed by atoms with E-state index in [2.05, 4.69) is 20.4 Å². The van der Waals surface area contributed by atoms with Crippen LogP contribution in [0.5, 0.6) is 5.75 Å². The van der Waals surface area contributed by atoms with Gasteiger partial charge in [-0.05, 0) is 68.1 Å². The summed E-state index contributed by atoms with van der Waals surface area (Å²) in [7, 11) is 0. The summed E-state index contributed by atoms with van der Waals surface area (Å²) in [5.41, 5.74) is 3.33. The van der Waals surface area contributed by atoms with Crippen molar-refractivity contribution in [3.8, 4) is 17.0 Å². The van der Waals surface area contributed by atoms with E-state index in [9.17, 15) is 4.79 Å². The number of benzene rings is 2. The average molecular weight is 437 g/mol. The third-order valence-electron chi connectivity index (χ3n) is 5.22. The van der Waals surface area contributed by atoms with Crippen LogP contribution in [0.1, 0.15) is 24.8 Å². The molecule has 1 aliphatic rings. The van der Waals surface area contributed by atoms with Crippen molar-refractivity contribution in [2.24, 2.45) is 0 Å². The van der Waals surface area contributed by atoms with Gasteiger partial charge < -0.3 is 15.0 Å². The Morgan fingerprint density at radius 2 is 1.90 bits per heavy atom. The van der Waals surface area contributed by atoms with Crippen LogP contribution in [0.2, 0.25) is 5.02 Å². The van der Waals surface area contributed by atoms with Crippen molar-refractivity contribution in [1.29, 1.82) is 0 Å². The summed E-state index contributed by atoms with van der Waals surface area (Å²) in [6, 6.07) is 17.0. The van der Waals surface area contributed by atoms with Gasteiger partial charge in [0.05, 0.1) is 10.7 Å². The number of carbonyl (C=O) groups excluding carboxylic acids is 1. The normalized spacial score (nSPS) is 13.7. The lowest BCUT2D eigenvalue weighted by Gasteiger charge is -2.27. The van der Waals surface area contributed by atoms with E-state index < -0.39 is 0 Å². The first-order valence-corrected chi connectivity index (χ1v) is 10.8. The first-order chi connectivity index (χ1) is 15.1. The summed E-state index contributed by atoms with van der Waals surface area (Å²) in [6.07, 6.45) is 3.68. The largest absolute Gasteiger partial charge is 0.482 e. The fourth-order valence-corrected chi connectivity index (χ4v) is 3.76. The van der Waals surface area contributed by atoms with Gasteiger partial charge in [0, 0.05) is 24.3 Å². The topological polar surface area (TPSA) is 67.3 Å². The van der Waals surface area contributed by atoms with Crippen molar-refractivity contribution in [2.75, 3.05) is 29.9 Å². The maximum Gasteiger partial charge on any atom is 0.262 e. The van der Waals surface area contributed by atoms with Crippen LogP contribution in [0.15, 0.2) is 54.6 Å². The van der Waals surface area contributed by atoms with Gasteiger partial charge in [-0.2, -0.15) is 0 Å². The Kier molecular flexibility index (Phi) is 6.67. The maximum atomic E-state index is 12.3. The van der Waals surface area contributed by atoms with E-state index in [0.717, 1.165) is 35.7 Å². The molecular weight excluding hydrogens is 412 g/mol. The van der Waals surface area contributed by atoms with Crippen LogP contribution in [-0.2, 0) is 4.79 Å². The van der Waals surface area contributed by atoms with Crippen LogP contribution in [0.4, 0.5) is 11.5 Å². The number of halogens is 1. The van der Waals surface area contributed by atoms with Gasteiger partial charge in [0.1, 0.15) is 5.75 Å². The Bertz CT molecular complexity index is 1050. The molecule has 1 N–H and O–H groups in total. The molecule has 4 rings (SSSR count). The second-order valence-corrected chi connectivity index (χ2v) is 8.08. The summed E-state index contributed by atoms with van der Waals surface area (Å²) in [4.78, 5) is 14.6. The van der Waals surface area contributed by atoms with Gasteiger partial charge >= 0.3 is 0 Å². The molecule has 0 unspecified atom stereocenters. The predicted molar refractivity (Wildman–Crippen MR) is 124 cm³/mol. The number of hydrogen-bond donors (Lipinski definition) is 1. The molecule has 0 atom stereocenters. The van der Waals surface area contributed by atoms with E-state index in [4.69, 9.17) is 16.3 Å². The number of nitrogens with zero attached hydrogens (tertiary/aromatic N) is 3. The molecule has 0 spiro atoms. The molecule has 0 bridgehead atoms. The van der Waals surface area contributed by atoms with Gasteiger partial charge in [-0.1, -0.05) is 29.8 Å². The van der Waals surface area contributed by atoms with Gasteiger partial charge in [0.25, 0.3) is 5.91 Å². The number of aromatic nitrogens is 2. The number of nitrogens with one attached hydrogen (secondary N) is 1. The highest BCUT2D eigenvalue weighted by molar-refractivity contribution is 6.32. The van der Waals surface area contributed by atoms with E-state index in [0.29, 0.717) is 16.5 Å². The SMILES string of the molecule is Cc1ccc(Cl)c(OCC(=O)Nc2cccc(-c3ccc(N4CCCCC4)nn3)c2)c1. The first kappa shape index (κ1) is 21.1. The maximum absolute atomic E-state index is 12.3. The Labute approximate surface area is 187 Å². The van der Waals surface area contributed by atoms with E-state index in [1.165, 1.54) is 19.3 Å². The molecule has 1 aliphatic heterocycles. The molecule has 1 amide bonds. The number of carbonyl (C=O) groups is 1. The highest BCUT2D eigenvalue weighted by Crippen LogP contribution is 2.26. The van der Waals surface area contributed by atoms with Gasteiger partial charge in [-0.15, -0.1) is 10.2 Å². The predicted octanol–water partition coefficient (Wildman–Crippen LogP) is 5.11. The van der Waals surface area contributed by atoms with Gasteiger partial charge in [0.15, 0.2) is 12.4 Å². The van der Waals surface area contributed by atoms with Gasteiger partial charge in [-0.25, -0.2) is 0 Å². The number of ether oxygens (including phenoxy) is 1. The van der Waals surface area contributed by atoms with Crippen LogP contribution in [0.3, 0.4) is 0 Å². The Hall–Kier alpha value is -3.12. The number of rotatable bonds is 6. The molecule has 6 nitrogen and oxygen atoms in total. The second-order valence-electron chi connectivity index (χ2n) is 7.68. The molecule has 1 saturated heterocycles. The highest BCUT2D eigenvalue weighted by Gasteiger charge is 2.13. The van der Waals surface area contributed by atoms with E-state index in [1.54, 1.807) is 6.07 Å². The third-order valence-corrected chi connectivity index (χ3v) is 5.53. The van der Waals surface area contributed by atoms with E-state index >= 15 is 0 Å². The van der Waals surface area contributed by atoms with Crippen molar-refractivity contribution < 1.29 is 9.53 Å². The Morgan fingerprint density at radius 1 is 1.06 bits per heavy atom. The smallest absolute Gasteiger partial charge is 0.262 e. The lowest BCUT2D eigenvalue weighted by molar-refractivity contribution is -0.118. The summed E-state index contributed by atoms with van der Waals surface area (Å²) in [6.45, 7) is 3.88. The first-order valence-electron chi connectivity index (χ1n) is 10.5. The molecule has 1 aromatic heterocycles. The van der Waals surface area contributed by atoms with Crippen molar-refractivity contribution in [3.05, 3.63) is 65.2 Å². The number of anilines is 2. The monoisotopic (exact) mass is 436 g/mol. The lowest BCUT2D eigenvalue weighted by atomic mass is 10.1. The fourth-order valence-electron chi connectivity index (χ4n) is 3.59. The lowest BCUT2D eigenvalue weighted by Crippen LogP contribution is -2.30. The van der Waals surface area contributed by atoms with E-state index in [1.807, 2.05) is 55.5 Å². The zero-order valence-electron chi connectivity index (χ0n) is 17.5. The Morgan fingerprint density at radius 3 is 2.68 bits per heavy atom. The molecule has 0 aliphatic carbocycles. The molecule has 1 fully saturated rings. The summed E-state index contributed by atoms with van der Waals surface area (Å²) in [5.74, 6) is 1.15. The number of amides is 1.